The summed E-state index contributed by atoms with van der Waals surface area (Å²) in [6.45, 7) is 3.83. The quantitative estimate of drug-likeness (QED) is 0.582. The van der Waals surface area contributed by atoms with Gasteiger partial charge in [-0.05, 0) is 24.1 Å². The number of rotatable bonds is 5. The summed E-state index contributed by atoms with van der Waals surface area (Å²) in [7, 11) is 0. The maximum Gasteiger partial charge on any atom is 0.165 e. The number of hydrogen-bond acceptors (Lipinski definition) is 1. The summed E-state index contributed by atoms with van der Waals surface area (Å²) in [5.74, 6) is -0.0338. The number of hydrogen-bond donors (Lipinski definition) is 0. The van der Waals surface area contributed by atoms with Crippen molar-refractivity contribution < 1.29 is 9.13 Å². The Morgan fingerprint density at radius 3 is 2.86 bits per heavy atom. The van der Waals surface area contributed by atoms with E-state index in [4.69, 9.17) is 4.74 Å². The van der Waals surface area contributed by atoms with E-state index in [0.29, 0.717) is 6.61 Å². The summed E-state index contributed by atoms with van der Waals surface area (Å²) >= 11 is 3.30. The monoisotopic (exact) mass is 258 g/mol. The minimum atomic E-state index is -0.315. The largest absolute Gasteiger partial charge is 0.486 e. The van der Waals surface area contributed by atoms with Crippen molar-refractivity contribution in [1.82, 2.24) is 0 Å². The molecule has 0 radical (unpaired) electrons. The molecule has 0 N–H and O–H groups in total. The third-order valence-corrected chi connectivity index (χ3v) is 2.13. The van der Waals surface area contributed by atoms with E-state index in [1.807, 2.05) is 6.07 Å². The SMILES string of the molecule is C=CCOc1ccc(CCBr)cc1F. The third-order valence-electron chi connectivity index (χ3n) is 1.74. The lowest BCUT2D eigenvalue weighted by Gasteiger charge is -2.05. The molecule has 0 spiro atoms. The van der Waals surface area contributed by atoms with E-state index in [1.165, 1.54) is 6.07 Å². The molecule has 0 atom stereocenters. The van der Waals surface area contributed by atoms with Gasteiger partial charge in [-0.3, -0.25) is 0 Å². The van der Waals surface area contributed by atoms with Gasteiger partial charge in [0.2, 0.25) is 0 Å². The van der Waals surface area contributed by atoms with Crippen LogP contribution in [0.25, 0.3) is 0 Å². The van der Waals surface area contributed by atoms with Crippen molar-refractivity contribution in [2.45, 2.75) is 6.42 Å². The summed E-state index contributed by atoms with van der Waals surface area (Å²) in [6, 6.07) is 5.01. The molecule has 1 rings (SSSR count). The Kier molecular flexibility index (Phi) is 4.66. The highest BCUT2D eigenvalue weighted by atomic mass is 79.9. The first-order valence-corrected chi connectivity index (χ1v) is 5.48. The molecule has 0 fully saturated rings. The highest BCUT2D eigenvalue weighted by molar-refractivity contribution is 9.09. The van der Waals surface area contributed by atoms with Gasteiger partial charge < -0.3 is 4.74 Å². The van der Waals surface area contributed by atoms with E-state index in [2.05, 4.69) is 22.5 Å². The van der Waals surface area contributed by atoms with Gasteiger partial charge in [0.25, 0.3) is 0 Å². The zero-order chi connectivity index (χ0) is 10.4. The van der Waals surface area contributed by atoms with Crippen LogP contribution in [0.15, 0.2) is 30.9 Å². The number of benzene rings is 1. The molecule has 0 aliphatic carbocycles. The first-order valence-electron chi connectivity index (χ1n) is 4.36. The first kappa shape index (κ1) is 11.2. The molecule has 0 bridgehead atoms. The van der Waals surface area contributed by atoms with Gasteiger partial charge in [0.15, 0.2) is 11.6 Å². The molecule has 0 amide bonds. The lowest BCUT2D eigenvalue weighted by Crippen LogP contribution is -1.96. The Balaban J connectivity index is 2.73. The van der Waals surface area contributed by atoms with Gasteiger partial charge in [-0.2, -0.15) is 0 Å². The van der Waals surface area contributed by atoms with Gasteiger partial charge in [0.1, 0.15) is 6.61 Å². The molecular formula is C11H12BrFO. The third kappa shape index (κ3) is 3.14. The van der Waals surface area contributed by atoms with Crippen LogP contribution in [0.5, 0.6) is 5.75 Å². The summed E-state index contributed by atoms with van der Waals surface area (Å²) in [5, 5.41) is 0.833. The molecule has 3 heteroatoms. The van der Waals surface area contributed by atoms with E-state index in [0.717, 1.165) is 17.3 Å². The van der Waals surface area contributed by atoms with Gasteiger partial charge in [-0.1, -0.05) is 34.7 Å². The van der Waals surface area contributed by atoms with Crippen LogP contribution in [0, 0.1) is 5.82 Å². The minimum absolute atomic E-state index is 0.281. The van der Waals surface area contributed by atoms with Gasteiger partial charge in [-0.25, -0.2) is 4.39 Å². The summed E-state index contributed by atoms with van der Waals surface area (Å²) in [5.41, 5.74) is 0.963. The minimum Gasteiger partial charge on any atom is -0.486 e. The van der Waals surface area contributed by atoms with Gasteiger partial charge in [0.05, 0.1) is 0 Å². The topological polar surface area (TPSA) is 9.23 Å². The standard InChI is InChI=1S/C11H12BrFO/c1-2-7-14-11-4-3-9(5-6-12)8-10(11)13/h2-4,8H,1,5-7H2. The number of aryl methyl sites for hydroxylation is 1. The first-order chi connectivity index (χ1) is 6.77. The van der Waals surface area contributed by atoms with Crippen LogP contribution >= 0.6 is 15.9 Å². The predicted molar refractivity (Wildman–Crippen MR) is 59.6 cm³/mol. The molecule has 0 heterocycles. The molecule has 0 unspecified atom stereocenters. The van der Waals surface area contributed by atoms with Crippen LogP contribution < -0.4 is 4.74 Å². The maximum atomic E-state index is 13.3. The summed E-state index contributed by atoms with van der Waals surface area (Å²) in [6.07, 6.45) is 2.41. The molecule has 76 valence electrons. The number of halogens is 2. The van der Waals surface area contributed by atoms with Crippen molar-refractivity contribution in [3.63, 3.8) is 0 Å². The van der Waals surface area contributed by atoms with Crippen LogP contribution in [-0.4, -0.2) is 11.9 Å². The van der Waals surface area contributed by atoms with E-state index in [-0.39, 0.29) is 11.6 Å². The highest BCUT2D eigenvalue weighted by Crippen LogP contribution is 2.18. The lowest BCUT2D eigenvalue weighted by molar-refractivity contribution is 0.341. The van der Waals surface area contributed by atoms with E-state index in [9.17, 15) is 4.39 Å². The fourth-order valence-corrected chi connectivity index (χ4v) is 1.53. The molecule has 0 aliphatic rings. The smallest absolute Gasteiger partial charge is 0.165 e. The van der Waals surface area contributed by atoms with Crippen molar-refractivity contribution in [2.24, 2.45) is 0 Å². The number of alkyl halides is 1. The molecule has 0 aromatic heterocycles. The Hall–Kier alpha value is -0.830. The second kappa shape index (κ2) is 5.81. The second-order valence-electron chi connectivity index (χ2n) is 2.80. The van der Waals surface area contributed by atoms with Crippen molar-refractivity contribution >= 4 is 15.9 Å². The van der Waals surface area contributed by atoms with Crippen LogP contribution in [0.1, 0.15) is 5.56 Å². The molecule has 1 aromatic carbocycles. The Morgan fingerprint density at radius 1 is 1.50 bits per heavy atom. The second-order valence-corrected chi connectivity index (χ2v) is 3.60. The fourth-order valence-electron chi connectivity index (χ4n) is 1.07. The molecule has 0 saturated carbocycles. The zero-order valence-electron chi connectivity index (χ0n) is 7.80. The Labute approximate surface area is 91.7 Å². The van der Waals surface area contributed by atoms with Gasteiger partial charge in [-0.15, -0.1) is 0 Å². The zero-order valence-corrected chi connectivity index (χ0v) is 9.39. The van der Waals surface area contributed by atoms with Crippen molar-refractivity contribution in [2.75, 3.05) is 11.9 Å². The van der Waals surface area contributed by atoms with Crippen LogP contribution in [-0.2, 0) is 6.42 Å². The Morgan fingerprint density at radius 2 is 2.29 bits per heavy atom. The average molecular weight is 259 g/mol. The molecular weight excluding hydrogens is 247 g/mol. The predicted octanol–water partition coefficient (Wildman–Crippen LogP) is 3.33. The maximum absolute atomic E-state index is 13.3. The number of ether oxygens (including phenoxy) is 1. The van der Waals surface area contributed by atoms with Gasteiger partial charge >= 0.3 is 0 Å². The van der Waals surface area contributed by atoms with E-state index < -0.39 is 0 Å². The van der Waals surface area contributed by atoms with Crippen LogP contribution in [0.2, 0.25) is 0 Å². The summed E-state index contributed by atoms with van der Waals surface area (Å²) < 4.78 is 18.4. The lowest BCUT2D eigenvalue weighted by atomic mass is 10.1. The normalized spacial score (nSPS) is 9.86. The molecule has 14 heavy (non-hydrogen) atoms. The van der Waals surface area contributed by atoms with Crippen LogP contribution in [0.4, 0.5) is 4.39 Å². The molecule has 0 aliphatic heterocycles. The van der Waals surface area contributed by atoms with Crippen LogP contribution in [0.3, 0.4) is 0 Å². The van der Waals surface area contributed by atoms with E-state index in [1.54, 1.807) is 12.1 Å². The van der Waals surface area contributed by atoms with Gasteiger partial charge in [0, 0.05) is 5.33 Å². The van der Waals surface area contributed by atoms with Crippen molar-refractivity contribution in [1.29, 1.82) is 0 Å². The highest BCUT2D eigenvalue weighted by Gasteiger charge is 2.03. The molecule has 0 saturated heterocycles. The van der Waals surface area contributed by atoms with Crippen molar-refractivity contribution in [3.05, 3.63) is 42.2 Å². The van der Waals surface area contributed by atoms with E-state index >= 15 is 0 Å². The molecule has 1 aromatic rings. The summed E-state index contributed by atoms with van der Waals surface area (Å²) in [4.78, 5) is 0. The average Bonchev–Trinajstić information content (AvgIpc) is 2.17. The fraction of sp³-hybridized carbons (Fsp3) is 0.273. The molecule has 1 nitrogen and oxygen atoms in total. The Bertz CT molecular complexity index is 312. The van der Waals surface area contributed by atoms with Crippen molar-refractivity contribution in [3.8, 4) is 5.75 Å².